The highest BCUT2D eigenvalue weighted by Gasteiger charge is 2.29. The zero-order valence-electron chi connectivity index (χ0n) is 11.7. The summed E-state index contributed by atoms with van der Waals surface area (Å²) in [7, 11) is 3.85. The van der Waals surface area contributed by atoms with Gasteiger partial charge in [0.2, 0.25) is 0 Å². The van der Waals surface area contributed by atoms with Gasteiger partial charge in [-0.15, -0.1) is 0 Å². The molecule has 0 aliphatic carbocycles. The van der Waals surface area contributed by atoms with Crippen molar-refractivity contribution in [2.24, 2.45) is 0 Å². The highest BCUT2D eigenvalue weighted by molar-refractivity contribution is 5.86. The van der Waals surface area contributed by atoms with Crippen LogP contribution in [-0.4, -0.2) is 77.3 Å². The van der Waals surface area contributed by atoms with Crippen molar-refractivity contribution in [1.82, 2.24) is 15.1 Å². The topological polar surface area (TPSA) is 110 Å². The third kappa shape index (κ3) is 4.69. The fraction of sp³-hybridized carbons (Fsp3) is 0.750. The van der Waals surface area contributed by atoms with Gasteiger partial charge in [0.15, 0.2) is 0 Å². The first-order valence-corrected chi connectivity index (χ1v) is 6.47. The van der Waals surface area contributed by atoms with Gasteiger partial charge < -0.3 is 25.3 Å². The maximum Gasteiger partial charge on any atom is 0.326 e. The van der Waals surface area contributed by atoms with E-state index in [0.717, 1.165) is 12.8 Å². The SMILES string of the molecule is CN(C)C1CCCN(C(=O)N[C@H](CC(=O)O)C(=O)O)C1. The third-order valence-electron chi connectivity index (χ3n) is 3.39. The van der Waals surface area contributed by atoms with Crippen molar-refractivity contribution in [1.29, 1.82) is 0 Å². The van der Waals surface area contributed by atoms with Crippen LogP contribution in [0.25, 0.3) is 0 Å². The molecule has 1 aliphatic rings. The molecular formula is C12H21N3O5. The molecule has 1 unspecified atom stereocenters. The normalized spacial score (nSPS) is 20.6. The lowest BCUT2D eigenvalue weighted by atomic mass is 10.1. The van der Waals surface area contributed by atoms with Crippen molar-refractivity contribution in [3.8, 4) is 0 Å². The zero-order valence-corrected chi connectivity index (χ0v) is 11.7. The minimum Gasteiger partial charge on any atom is -0.481 e. The number of urea groups is 1. The summed E-state index contributed by atoms with van der Waals surface area (Å²) >= 11 is 0. The van der Waals surface area contributed by atoms with Gasteiger partial charge in [-0.3, -0.25) is 4.79 Å². The Morgan fingerprint density at radius 3 is 2.50 bits per heavy atom. The van der Waals surface area contributed by atoms with Crippen LogP contribution in [0.3, 0.4) is 0 Å². The second-order valence-electron chi connectivity index (χ2n) is 5.14. The average Bonchev–Trinajstić information content (AvgIpc) is 2.37. The zero-order chi connectivity index (χ0) is 15.3. The Balaban J connectivity index is 2.59. The molecule has 0 aromatic carbocycles. The Bertz CT molecular complexity index is 385. The number of carbonyl (C=O) groups is 3. The third-order valence-corrected chi connectivity index (χ3v) is 3.39. The van der Waals surface area contributed by atoms with Gasteiger partial charge in [-0.25, -0.2) is 9.59 Å². The van der Waals surface area contributed by atoms with Crippen LogP contribution >= 0.6 is 0 Å². The molecule has 2 amide bonds. The van der Waals surface area contributed by atoms with Crippen LogP contribution in [0.2, 0.25) is 0 Å². The molecule has 0 aromatic rings. The molecule has 0 saturated carbocycles. The molecule has 20 heavy (non-hydrogen) atoms. The highest BCUT2D eigenvalue weighted by Crippen LogP contribution is 2.13. The predicted molar refractivity (Wildman–Crippen MR) is 70.5 cm³/mol. The second kappa shape index (κ2) is 7.09. The average molecular weight is 287 g/mol. The van der Waals surface area contributed by atoms with Gasteiger partial charge in [0, 0.05) is 19.1 Å². The molecule has 1 heterocycles. The van der Waals surface area contributed by atoms with Gasteiger partial charge in [-0.2, -0.15) is 0 Å². The number of amides is 2. The molecule has 8 heteroatoms. The molecule has 1 fully saturated rings. The fourth-order valence-corrected chi connectivity index (χ4v) is 2.18. The molecular weight excluding hydrogens is 266 g/mol. The van der Waals surface area contributed by atoms with Crippen molar-refractivity contribution in [3.63, 3.8) is 0 Å². The minimum absolute atomic E-state index is 0.234. The van der Waals surface area contributed by atoms with Crippen LogP contribution in [0.15, 0.2) is 0 Å². The van der Waals surface area contributed by atoms with Crippen molar-refractivity contribution in [2.75, 3.05) is 27.2 Å². The van der Waals surface area contributed by atoms with E-state index in [0.29, 0.717) is 13.1 Å². The van der Waals surface area contributed by atoms with Gasteiger partial charge >= 0.3 is 18.0 Å². The van der Waals surface area contributed by atoms with E-state index in [1.165, 1.54) is 4.90 Å². The molecule has 1 rings (SSSR count). The Morgan fingerprint density at radius 1 is 1.35 bits per heavy atom. The highest BCUT2D eigenvalue weighted by atomic mass is 16.4. The number of likely N-dealkylation sites (tertiary alicyclic amines) is 1. The first-order valence-electron chi connectivity index (χ1n) is 6.47. The lowest BCUT2D eigenvalue weighted by Gasteiger charge is -2.36. The summed E-state index contributed by atoms with van der Waals surface area (Å²) in [5, 5.41) is 19.8. The summed E-state index contributed by atoms with van der Waals surface area (Å²) in [5.74, 6) is -2.61. The van der Waals surface area contributed by atoms with E-state index in [-0.39, 0.29) is 6.04 Å². The van der Waals surface area contributed by atoms with Crippen LogP contribution in [0.1, 0.15) is 19.3 Å². The number of nitrogens with one attached hydrogen (secondary N) is 1. The number of carbonyl (C=O) groups excluding carboxylic acids is 1. The summed E-state index contributed by atoms with van der Waals surface area (Å²) in [6.45, 7) is 1.06. The van der Waals surface area contributed by atoms with Crippen LogP contribution in [0, 0.1) is 0 Å². The summed E-state index contributed by atoms with van der Waals surface area (Å²) in [6, 6.07) is -1.69. The number of likely N-dealkylation sites (N-methyl/N-ethyl adjacent to an activating group) is 1. The fourth-order valence-electron chi connectivity index (χ4n) is 2.18. The molecule has 1 aliphatic heterocycles. The number of hydrogen-bond acceptors (Lipinski definition) is 4. The van der Waals surface area contributed by atoms with Crippen molar-refractivity contribution in [3.05, 3.63) is 0 Å². The molecule has 1 saturated heterocycles. The van der Waals surface area contributed by atoms with E-state index < -0.39 is 30.4 Å². The van der Waals surface area contributed by atoms with Crippen molar-refractivity contribution < 1.29 is 24.6 Å². The smallest absolute Gasteiger partial charge is 0.326 e. The monoisotopic (exact) mass is 287 g/mol. The Labute approximate surface area is 117 Å². The molecule has 0 radical (unpaired) electrons. The van der Waals surface area contributed by atoms with E-state index in [4.69, 9.17) is 10.2 Å². The summed E-state index contributed by atoms with van der Waals surface area (Å²) < 4.78 is 0. The first kappa shape index (κ1) is 16.2. The maximum absolute atomic E-state index is 12.0. The quantitative estimate of drug-likeness (QED) is 0.637. The van der Waals surface area contributed by atoms with E-state index >= 15 is 0 Å². The van der Waals surface area contributed by atoms with E-state index in [1.807, 2.05) is 19.0 Å². The van der Waals surface area contributed by atoms with Gasteiger partial charge in [0.25, 0.3) is 0 Å². The number of hydrogen-bond donors (Lipinski definition) is 3. The molecule has 3 N–H and O–H groups in total. The molecule has 8 nitrogen and oxygen atoms in total. The first-order chi connectivity index (χ1) is 9.31. The predicted octanol–water partition coefficient (Wildman–Crippen LogP) is -0.350. The van der Waals surface area contributed by atoms with Crippen LogP contribution in [0.4, 0.5) is 4.79 Å². The van der Waals surface area contributed by atoms with Crippen molar-refractivity contribution >= 4 is 18.0 Å². The van der Waals surface area contributed by atoms with Crippen LogP contribution in [0.5, 0.6) is 0 Å². The van der Waals surface area contributed by atoms with E-state index in [9.17, 15) is 14.4 Å². The molecule has 0 bridgehead atoms. The summed E-state index contributed by atoms with van der Waals surface area (Å²) in [4.78, 5) is 37.1. The summed E-state index contributed by atoms with van der Waals surface area (Å²) in [6.07, 6.45) is 1.19. The molecule has 2 atom stereocenters. The Hall–Kier alpha value is -1.83. The Kier molecular flexibility index (Phi) is 5.75. The number of piperidine rings is 1. The van der Waals surface area contributed by atoms with E-state index in [1.54, 1.807) is 0 Å². The van der Waals surface area contributed by atoms with E-state index in [2.05, 4.69) is 5.32 Å². The Morgan fingerprint density at radius 2 is 2.00 bits per heavy atom. The van der Waals surface area contributed by atoms with Gasteiger partial charge in [0.05, 0.1) is 6.42 Å². The number of carboxylic acid groups (broad SMARTS) is 2. The number of aliphatic carboxylic acids is 2. The molecule has 114 valence electrons. The molecule has 0 spiro atoms. The van der Waals surface area contributed by atoms with Crippen LogP contribution < -0.4 is 5.32 Å². The van der Waals surface area contributed by atoms with Crippen molar-refractivity contribution in [2.45, 2.75) is 31.3 Å². The summed E-state index contributed by atoms with van der Waals surface area (Å²) in [5.41, 5.74) is 0. The van der Waals surface area contributed by atoms with Gasteiger partial charge in [0.1, 0.15) is 6.04 Å². The lowest BCUT2D eigenvalue weighted by Crippen LogP contribution is -2.54. The standard InChI is InChI=1S/C12H21N3O5/c1-14(2)8-4-3-5-15(7-8)12(20)13-9(11(18)19)6-10(16)17/h8-9H,3-7H2,1-2H3,(H,13,20)(H,16,17)(H,18,19)/t8?,9-/m1/s1. The minimum atomic E-state index is -1.40. The molecule has 0 aromatic heterocycles. The largest absolute Gasteiger partial charge is 0.481 e. The van der Waals surface area contributed by atoms with Crippen LogP contribution in [-0.2, 0) is 9.59 Å². The lowest BCUT2D eigenvalue weighted by molar-refractivity contribution is -0.145. The second-order valence-corrected chi connectivity index (χ2v) is 5.14. The van der Waals surface area contributed by atoms with Gasteiger partial charge in [-0.05, 0) is 26.9 Å². The number of rotatable bonds is 5. The number of carboxylic acids is 2. The number of nitrogens with zero attached hydrogens (tertiary/aromatic N) is 2. The van der Waals surface area contributed by atoms with Gasteiger partial charge in [-0.1, -0.05) is 0 Å². The maximum atomic E-state index is 12.0.